The average Bonchev–Trinajstić information content (AvgIpc) is 2.40. The molecule has 0 fully saturated rings. The van der Waals surface area contributed by atoms with Crippen LogP contribution in [-0.4, -0.2) is 33.2 Å². The first-order valence-corrected chi connectivity index (χ1v) is 6.42. The highest BCUT2D eigenvalue weighted by atomic mass is 35.5. The number of amides is 1. The largest absolute Gasteiger partial charge is 0.495 e. The molecule has 0 aromatic heterocycles. The maximum Gasteiger partial charge on any atom is 0.221 e. The first-order chi connectivity index (χ1) is 9.12. The Morgan fingerprint density at radius 1 is 1.26 bits per heavy atom. The van der Waals surface area contributed by atoms with Gasteiger partial charge in [-0.15, -0.1) is 0 Å². The molecule has 0 heterocycles. The molecule has 106 valence electrons. The molecule has 0 aliphatic heterocycles. The zero-order valence-electron chi connectivity index (χ0n) is 11.4. The van der Waals surface area contributed by atoms with Gasteiger partial charge in [0.1, 0.15) is 11.5 Å². The smallest absolute Gasteiger partial charge is 0.221 e. The van der Waals surface area contributed by atoms with Crippen LogP contribution >= 0.6 is 11.6 Å². The number of carbonyl (C=O) groups excluding carboxylic acids is 1. The third-order valence-corrected chi connectivity index (χ3v) is 2.81. The van der Waals surface area contributed by atoms with E-state index >= 15 is 0 Å². The van der Waals surface area contributed by atoms with Gasteiger partial charge in [-0.05, 0) is 6.92 Å². The van der Waals surface area contributed by atoms with Crippen LogP contribution in [0.15, 0.2) is 12.1 Å². The number of ether oxygens (including phenoxy) is 2. The van der Waals surface area contributed by atoms with Gasteiger partial charge >= 0.3 is 0 Å². The van der Waals surface area contributed by atoms with Gasteiger partial charge in [-0.3, -0.25) is 4.79 Å². The summed E-state index contributed by atoms with van der Waals surface area (Å²) in [6, 6.07) is 3.42. The summed E-state index contributed by atoms with van der Waals surface area (Å²) in [5.41, 5.74) is 0.744. The summed E-state index contributed by atoms with van der Waals surface area (Å²) in [4.78, 5) is 11.3. The molecule has 2 N–H and O–H groups in total. The zero-order valence-corrected chi connectivity index (χ0v) is 12.1. The zero-order chi connectivity index (χ0) is 14.3. The lowest BCUT2D eigenvalue weighted by Gasteiger charge is -2.13. The highest BCUT2D eigenvalue weighted by molar-refractivity contribution is 6.32. The molecule has 0 unspecified atom stereocenters. The lowest BCUT2D eigenvalue weighted by molar-refractivity contribution is -0.120. The summed E-state index contributed by atoms with van der Waals surface area (Å²) in [5.74, 6) is 1.18. The molecule has 0 aliphatic rings. The van der Waals surface area contributed by atoms with E-state index in [1.165, 1.54) is 0 Å². The van der Waals surface area contributed by atoms with E-state index in [4.69, 9.17) is 21.1 Å². The summed E-state index contributed by atoms with van der Waals surface area (Å²) in [6.45, 7) is 3.03. The van der Waals surface area contributed by atoms with Gasteiger partial charge in [0.25, 0.3) is 0 Å². The Labute approximate surface area is 118 Å². The number of carbonyl (C=O) groups is 1. The van der Waals surface area contributed by atoms with E-state index in [0.717, 1.165) is 5.69 Å². The first-order valence-electron chi connectivity index (χ1n) is 6.04. The Morgan fingerprint density at radius 2 is 1.95 bits per heavy atom. The number of benzene rings is 1. The van der Waals surface area contributed by atoms with Gasteiger partial charge < -0.3 is 20.1 Å². The van der Waals surface area contributed by atoms with Crippen molar-refractivity contribution in [1.29, 1.82) is 0 Å². The van der Waals surface area contributed by atoms with E-state index in [1.807, 2.05) is 6.92 Å². The molecule has 0 aliphatic carbocycles. The van der Waals surface area contributed by atoms with Crippen molar-refractivity contribution < 1.29 is 14.3 Å². The van der Waals surface area contributed by atoms with Crippen molar-refractivity contribution >= 4 is 23.2 Å². The number of halogens is 1. The molecule has 0 atom stereocenters. The second-order valence-electron chi connectivity index (χ2n) is 3.82. The minimum absolute atomic E-state index is 0.00916. The second-order valence-corrected chi connectivity index (χ2v) is 4.22. The Morgan fingerprint density at radius 3 is 2.53 bits per heavy atom. The lowest BCUT2D eigenvalue weighted by Crippen LogP contribution is -2.24. The van der Waals surface area contributed by atoms with E-state index in [-0.39, 0.29) is 5.91 Å². The van der Waals surface area contributed by atoms with E-state index in [9.17, 15) is 4.79 Å². The van der Waals surface area contributed by atoms with Crippen LogP contribution in [0.4, 0.5) is 5.69 Å². The summed E-state index contributed by atoms with van der Waals surface area (Å²) >= 11 is 6.01. The summed E-state index contributed by atoms with van der Waals surface area (Å²) in [5, 5.41) is 6.35. The molecule has 0 saturated heterocycles. The summed E-state index contributed by atoms with van der Waals surface area (Å²) in [6.07, 6.45) is 0.391. The van der Waals surface area contributed by atoms with Gasteiger partial charge in [0.05, 0.1) is 24.9 Å². The molecular formula is C13H19ClN2O3. The minimum Gasteiger partial charge on any atom is -0.495 e. The van der Waals surface area contributed by atoms with Crippen molar-refractivity contribution in [3.05, 3.63) is 17.2 Å². The van der Waals surface area contributed by atoms with Crippen LogP contribution < -0.4 is 20.1 Å². The summed E-state index contributed by atoms with van der Waals surface area (Å²) < 4.78 is 10.4. The number of anilines is 1. The van der Waals surface area contributed by atoms with E-state index in [0.29, 0.717) is 36.0 Å². The van der Waals surface area contributed by atoms with E-state index in [2.05, 4.69) is 10.6 Å². The fourth-order valence-electron chi connectivity index (χ4n) is 1.59. The molecular weight excluding hydrogens is 268 g/mol. The Bertz CT molecular complexity index is 438. The molecule has 6 heteroatoms. The van der Waals surface area contributed by atoms with Gasteiger partial charge in [-0.25, -0.2) is 0 Å². The Balaban J connectivity index is 2.68. The maximum absolute atomic E-state index is 11.3. The van der Waals surface area contributed by atoms with Gasteiger partial charge in [-0.2, -0.15) is 0 Å². The highest BCUT2D eigenvalue weighted by Gasteiger charge is 2.10. The average molecular weight is 287 g/mol. The molecule has 1 aromatic rings. The van der Waals surface area contributed by atoms with Gasteiger partial charge in [0, 0.05) is 31.6 Å². The number of hydrogen-bond donors (Lipinski definition) is 2. The predicted molar refractivity (Wildman–Crippen MR) is 76.3 cm³/mol. The lowest BCUT2D eigenvalue weighted by atomic mass is 10.2. The van der Waals surface area contributed by atoms with Crippen LogP contribution in [0, 0.1) is 0 Å². The van der Waals surface area contributed by atoms with Gasteiger partial charge in [0.2, 0.25) is 5.91 Å². The second kappa shape index (κ2) is 7.74. The van der Waals surface area contributed by atoms with Crippen LogP contribution in [0.1, 0.15) is 13.3 Å². The van der Waals surface area contributed by atoms with E-state index < -0.39 is 0 Å². The van der Waals surface area contributed by atoms with Crippen LogP contribution in [0.5, 0.6) is 11.5 Å². The highest BCUT2D eigenvalue weighted by Crippen LogP contribution is 2.35. The van der Waals surface area contributed by atoms with Crippen LogP contribution in [0.2, 0.25) is 5.02 Å². The molecule has 1 aromatic carbocycles. The van der Waals surface area contributed by atoms with Crippen molar-refractivity contribution in [3.63, 3.8) is 0 Å². The van der Waals surface area contributed by atoms with Crippen LogP contribution in [0.3, 0.4) is 0 Å². The summed E-state index contributed by atoms with van der Waals surface area (Å²) in [7, 11) is 3.11. The van der Waals surface area contributed by atoms with Crippen LogP contribution in [-0.2, 0) is 4.79 Å². The van der Waals surface area contributed by atoms with E-state index in [1.54, 1.807) is 26.4 Å². The van der Waals surface area contributed by atoms with Gasteiger partial charge in [0.15, 0.2) is 0 Å². The molecule has 0 saturated carbocycles. The van der Waals surface area contributed by atoms with Crippen molar-refractivity contribution in [1.82, 2.24) is 5.32 Å². The molecule has 1 amide bonds. The normalized spacial score (nSPS) is 9.89. The number of methoxy groups -OCH3 is 2. The number of rotatable bonds is 7. The number of hydrogen-bond acceptors (Lipinski definition) is 4. The molecule has 19 heavy (non-hydrogen) atoms. The SMILES string of the molecule is CCNC(=O)CCNc1cc(OC)c(Cl)cc1OC. The van der Waals surface area contributed by atoms with Crippen molar-refractivity contribution in [2.45, 2.75) is 13.3 Å². The van der Waals surface area contributed by atoms with Crippen molar-refractivity contribution in [2.24, 2.45) is 0 Å². The quantitative estimate of drug-likeness (QED) is 0.807. The third kappa shape index (κ3) is 4.52. The molecule has 1 rings (SSSR count). The third-order valence-electron chi connectivity index (χ3n) is 2.52. The van der Waals surface area contributed by atoms with Crippen LogP contribution in [0.25, 0.3) is 0 Å². The fraction of sp³-hybridized carbons (Fsp3) is 0.462. The predicted octanol–water partition coefficient (Wildman–Crippen LogP) is 2.30. The standard InChI is InChI=1S/C13H19ClN2O3/c1-4-15-13(17)5-6-16-10-8-11(18-2)9(14)7-12(10)19-3/h7-8,16H,4-6H2,1-3H3,(H,15,17). The monoisotopic (exact) mass is 286 g/mol. The first kappa shape index (κ1) is 15.4. The Kier molecular flexibility index (Phi) is 6.29. The minimum atomic E-state index is 0.00916. The Hall–Kier alpha value is -1.62. The molecule has 0 spiro atoms. The molecule has 0 bridgehead atoms. The maximum atomic E-state index is 11.3. The van der Waals surface area contributed by atoms with Crippen molar-refractivity contribution in [2.75, 3.05) is 32.6 Å². The number of nitrogens with one attached hydrogen (secondary N) is 2. The van der Waals surface area contributed by atoms with Crippen molar-refractivity contribution in [3.8, 4) is 11.5 Å². The topological polar surface area (TPSA) is 59.6 Å². The molecule has 5 nitrogen and oxygen atoms in total. The van der Waals surface area contributed by atoms with Gasteiger partial charge in [-0.1, -0.05) is 11.6 Å². The molecule has 0 radical (unpaired) electrons. The fourth-order valence-corrected chi connectivity index (χ4v) is 1.83.